The summed E-state index contributed by atoms with van der Waals surface area (Å²) in [4.78, 5) is 0. The zero-order chi connectivity index (χ0) is 7.68. The molecule has 0 bridgehead atoms. The Kier molecular flexibility index (Phi) is 2.14. The molecule has 0 aromatic carbocycles. The molecule has 1 saturated heterocycles. The summed E-state index contributed by atoms with van der Waals surface area (Å²) in [5, 5.41) is 9.79. The lowest BCUT2D eigenvalue weighted by Gasteiger charge is -2.33. The lowest BCUT2D eigenvalue weighted by Crippen LogP contribution is -2.33. The van der Waals surface area contributed by atoms with Gasteiger partial charge >= 0.3 is 0 Å². The van der Waals surface area contributed by atoms with Gasteiger partial charge in [0, 0.05) is 12.5 Å². The lowest BCUT2D eigenvalue weighted by molar-refractivity contribution is 0.0110. The molecular formula is C9H16O2. The Morgan fingerprint density at radius 1 is 1.18 bits per heavy atom. The summed E-state index contributed by atoms with van der Waals surface area (Å²) in [5.74, 6) is 1.04. The van der Waals surface area contributed by atoms with Crippen molar-refractivity contribution in [2.45, 2.75) is 31.8 Å². The Balaban J connectivity index is 1.82. The van der Waals surface area contributed by atoms with Crippen molar-refractivity contribution in [3.05, 3.63) is 0 Å². The highest BCUT2D eigenvalue weighted by Crippen LogP contribution is 2.34. The summed E-state index contributed by atoms with van der Waals surface area (Å²) in [5.41, 5.74) is 0. The maximum absolute atomic E-state index is 9.79. The Hall–Kier alpha value is -0.0800. The van der Waals surface area contributed by atoms with Crippen LogP contribution < -0.4 is 0 Å². The maximum atomic E-state index is 9.79. The normalized spacial score (nSPS) is 35.2. The van der Waals surface area contributed by atoms with Crippen molar-refractivity contribution in [1.29, 1.82) is 0 Å². The van der Waals surface area contributed by atoms with Gasteiger partial charge in [0.1, 0.15) is 0 Å². The molecule has 2 fully saturated rings. The highest BCUT2D eigenvalue weighted by molar-refractivity contribution is 4.83. The minimum atomic E-state index is -0.0637. The van der Waals surface area contributed by atoms with Crippen molar-refractivity contribution in [1.82, 2.24) is 0 Å². The number of hydrogen-bond donors (Lipinski definition) is 1. The molecule has 11 heavy (non-hydrogen) atoms. The lowest BCUT2D eigenvalue weighted by atomic mass is 9.76. The van der Waals surface area contributed by atoms with E-state index >= 15 is 0 Å². The van der Waals surface area contributed by atoms with E-state index in [1.165, 1.54) is 19.3 Å². The van der Waals surface area contributed by atoms with Crippen molar-refractivity contribution < 1.29 is 9.84 Å². The molecule has 0 aromatic heterocycles. The van der Waals surface area contributed by atoms with Gasteiger partial charge < -0.3 is 9.84 Å². The Morgan fingerprint density at radius 2 is 2.00 bits per heavy atom. The summed E-state index contributed by atoms with van der Waals surface area (Å²) in [6.45, 7) is 1.64. The predicted octanol–water partition coefficient (Wildman–Crippen LogP) is 1.18. The van der Waals surface area contributed by atoms with E-state index in [0.29, 0.717) is 11.8 Å². The molecule has 1 N–H and O–H groups in total. The van der Waals surface area contributed by atoms with Crippen molar-refractivity contribution in [3.8, 4) is 0 Å². The second-order valence-electron chi connectivity index (χ2n) is 3.81. The van der Waals surface area contributed by atoms with Crippen LogP contribution in [0, 0.1) is 11.8 Å². The molecule has 0 spiro atoms. The van der Waals surface area contributed by atoms with Crippen LogP contribution in [0.2, 0.25) is 0 Å². The van der Waals surface area contributed by atoms with Gasteiger partial charge in [-0.05, 0) is 25.2 Å². The van der Waals surface area contributed by atoms with Crippen LogP contribution in [0.15, 0.2) is 0 Å². The molecule has 2 heteroatoms. The van der Waals surface area contributed by atoms with Gasteiger partial charge in [-0.15, -0.1) is 0 Å². The molecule has 64 valence electrons. The molecule has 0 amide bonds. The molecule has 0 aromatic rings. The second-order valence-corrected chi connectivity index (χ2v) is 3.81. The van der Waals surface area contributed by atoms with Crippen molar-refractivity contribution >= 4 is 0 Å². The minimum absolute atomic E-state index is 0.0637. The SMILES string of the molecule is OC(C1CCC1)C1CCOC1. The number of ether oxygens (including phenoxy) is 1. The van der Waals surface area contributed by atoms with Gasteiger partial charge in [0.15, 0.2) is 0 Å². The van der Waals surface area contributed by atoms with E-state index in [4.69, 9.17) is 4.74 Å². The summed E-state index contributed by atoms with van der Waals surface area (Å²) in [6, 6.07) is 0. The zero-order valence-electron chi connectivity index (χ0n) is 6.83. The predicted molar refractivity (Wildman–Crippen MR) is 42.3 cm³/mol. The summed E-state index contributed by atoms with van der Waals surface area (Å²) >= 11 is 0. The Bertz CT molecular complexity index is 126. The second kappa shape index (κ2) is 3.11. The molecule has 2 rings (SSSR count). The monoisotopic (exact) mass is 156 g/mol. The number of hydrogen-bond acceptors (Lipinski definition) is 2. The molecule has 2 atom stereocenters. The number of aliphatic hydroxyl groups excluding tert-OH is 1. The van der Waals surface area contributed by atoms with Crippen LogP contribution in [0.3, 0.4) is 0 Å². The van der Waals surface area contributed by atoms with E-state index < -0.39 is 0 Å². The highest BCUT2D eigenvalue weighted by atomic mass is 16.5. The van der Waals surface area contributed by atoms with Crippen LogP contribution >= 0.6 is 0 Å². The third kappa shape index (κ3) is 1.42. The standard InChI is InChI=1S/C9H16O2/c10-9(7-2-1-3-7)8-4-5-11-6-8/h7-10H,1-6H2. The zero-order valence-corrected chi connectivity index (χ0v) is 6.83. The highest BCUT2D eigenvalue weighted by Gasteiger charge is 2.33. The van der Waals surface area contributed by atoms with Gasteiger partial charge in [0.25, 0.3) is 0 Å². The van der Waals surface area contributed by atoms with E-state index in [1.807, 2.05) is 0 Å². The van der Waals surface area contributed by atoms with Gasteiger partial charge in [-0.2, -0.15) is 0 Å². The summed E-state index contributed by atoms with van der Waals surface area (Å²) in [6.07, 6.45) is 4.79. The average molecular weight is 156 g/mol. The Morgan fingerprint density at radius 3 is 2.45 bits per heavy atom. The first-order chi connectivity index (χ1) is 5.38. The Labute approximate surface area is 67.6 Å². The molecule has 1 aliphatic heterocycles. The smallest absolute Gasteiger partial charge is 0.0619 e. The molecule has 2 unspecified atom stereocenters. The van der Waals surface area contributed by atoms with Crippen molar-refractivity contribution in [2.24, 2.45) is 11.8 Å². The molecule has 1 saturated carbocycles. The van der Waals surface area contributed by atoms with Gasteiger partial charge in [-0.1, -0.05) is 6.42 Å². The largest absolute Gasteiger partial charge is 0.392 e. The van der Waals surface area contributed by atoms with E-state index in [0.717, 1.165) is 19.6 Å². The van der Waals surface area contributed by atoms with Crippen LogP contribution in [-0.4, -0.2) is 24.4 Å². The molecule has 2 aliphatic rings. The van der Waals surface area contributed by atoms with Crippen LogP contribution in [0.4, 0.5) is 0 Å². The van der Waals surface area contributed by atoms with Gasteiger partial charge in [0.2, 0.25) is 0 Å². The van der Waals surface area contributed by atoms with Gasteiger partial charge in [0.05, 0.1) is 12.7 Å². The fourth-order valence-corrected chi connectivity index (χ4v) is 1.99. The average Bonchev–Trinajstić information content (AvgIpc) is 2.32. The van der Waals surface area contributed by atoms with E-state index in [9.17, 15) is 5.11 Å². The number of rotatable bonds is 2. The molecule has 0 radical (unpaired) electrons. The van der Waals surface area contributed by atoms with E-state index in [2.05, 4.69) is 0 Å². The summed E-state index contributed by atoms with van der Waals surface area (Å²) < 4.78 is 5.24. The van der Waals surface area contributed by atoms with Crippen LogP contribution in [0.1, 0.15) is 25.7 Å². The molecule has 1 aliphatic carbocycles. The molecular weight excluding hydrogens is 140 g/mol. The third-order valence-electron chi connectivity index (χ3n) is 3.08. The fraction of sp³-hybridized carbons (Fsp3) is 1.00. The third-order valence-corrected chi connectivity index (χ3v) is 3.08. The van der Waals surface area contributed by atoms with Gasteiger partial charge in [-0.25, -0.2) is 0 Å². The van der Waals surface area contributed by atoms with Crippen LogP contribution in [0.5, 0.6) is 0 Å². The van der Waals surface area contributed by atoms with Crippen LogP contribution in [-0.2, 0) is 4.74 Å². The van der Waals surface area contributed by atoms with E-state index in [1.54, 1.807) is 0 Å². The van der Waals surface area contributed by atoms with Crippen LogP contribution in [0.25, 0.3) is 0 Å². The summed E-state index contributed by atoms with van der Waals surface area (Å²) in [7, 11) is 0. The topological polar surface area (TPSA) is 29.5 Å². The first-order valence-electron chi connectivity index (χ1n) is 4.64. The molecule has 1 heterocycles. The van der Waals surface area contributed by atoms with E-state index in [-0.39, 0.29) is 6.10 Å². The first kappa shape index (κ1) is 7.56. The maximum Gasteiger partial charge on any atom is 0.0619 e. The first-order valence-corrected chi connectivity index (χ1v) is 4.64. The van der Waals surface area contributed by atoms with Crippen molar-refractivity contribution in [3.63, 3.8) is 0 Å². The van der Waals surface area contributed by atoms with Gasteiger partial charge in [-0.3, -0.25) is 0 Å². The fourth-order valence-electron chi connectivity index (χ4n) is 1.99. The van der Waals surface area contributed by atoms with Crippen molar-refractivity contribution in [2.75, 3.05) is 13.2 Å². The minimum Gasteiger partial charge on any atom is -0.392 e. The number of aliphatic hydroxyl groups is 1. The quantitative estimate of drug-likeness (QED) is 0.650. The molecule has 2 nitrogen and oxygen atoms in total.